The van der Waals surface area contributed by atoms with Crippen LogP contribution in [0.15, 0.2) is 24.3 Å². The van der Waals surface area contributed by atoms with Gasteiger partial charge in [-0.1, -0.05) is 0 Å². The molecule has 1 unspecified atom stereocenters. The number of nitrogens with one attached hydrogen (secondary N) is 1. The second-order valence-corrected chi connectivity index (χ2v) is 7.41. The summed E-state index contributed by atoms with van der Waals surface area (Å²) in [7, 11) is 5.02. The van der Waals surface area contributed by atoms with Crippen LogP contribution >= 0.6 is 11.3 Å². The smallest absolute Gasteiger partial charge is 0.164 e. The number of aryl methyl sites for hydroxylation is 1. The van der Waals surface area contributed by atoms with E-state index in [1.54, 1.807) is 21.3 Å². The van der Waals surface area contributed by atoms with Crippen LogP contribution in [0.2, 0.25) is 0 Å². The first-order chi connectivity index (χ1) is 12.2. The maximum Gasteiger partial charge on any atom is 0.164 e. The van der Waals surface area contributed by atoms with Gasteiger partial charge >= 0.3 is 0 Å². The molecule has 5 nitrogen and oxygen atoms in total. The van der Waals surface area contributed by atoms with Gasteiger partial charge in [0, 0.05) is 47.6 Å². The Morgan fingerprint density at radius 2 is 1.60 bits per heavy atom. The Balaban J connectivity index is 2.11. The number of ether oxygens (including phenoxy) is 3. The summed E-state index contributed by atoms with van der Waals surface area (Å²) in [5.41, 5.74) is 1.11. The molecule has 1 fully saturated rings. The van der Waals surface area contributed by atoms with Crippen molar-refractivity contribution in [2.75, 3.05) is 47.5 Å². The molecule has 0 amide bonds. The van der Waals surface area contributed by atoms with Crippen LogP contribution in [0, 0.1) is 6.92 Å². The zero-order valence-electron chi connectivity index (χ0n) is 15.3. The Morgan fingerprint density at radius 1 is 0.960 bits per heavy atom. The molecule has 0 spiro atoms. The zero-order chi connectivity index (χ0) is 17.8. The highest BCUT2D eigenvalue weighted by Crippen LogP contribution is 2.43. The fraction of sp³-hybridized carbons (Fsp3) is 0.474. The molecule has 1 atom stereocenters. The predicted octanol–water partition coefficient (Wildman–Crippen LogP) is 3.08. The first-order valence-electron chi connectivity index (χ1n) is 8.49. The number of nitrogens with zero attached hydrogens (tertiary/aromatic N) is 1. The van der Waals surface area contributed by atoms with Crippen molar-refractivity contribution < 1.29 is 14.2 Å². The lowest BCUT2D eigenvalue weighted by molar-refractivity contribution is 0.197. The van der Waals surface area contributed by atoms with E-state index in [1.807, 2.05) is 17.4 Å². The number of piperazine rings is 1. The summed E-state index contributed by atoms with van der Waals surface area (Å²) in [5, 5.41) is 3.43. The van der Waals surface area contributed by atoms with E-state index in [9.17, 15) is 0 Å². The number of benzene rings is 1. The highest BCUT2D eigenvalue weighted by atomic mass is 32.1. The molecular formula is C19H26N2O3S. The van der Waals surface area contributed by atoms with Gasteiger partial charge < -0.3 is 19.5 Å². The quantitative estimate of drug-likeness (QED) is 0.855. The van der Waals surface area contributed by atoms with Gasteiger partial charge in [0.25, 0.3) is 0 Å². The average molecular weight is 362 g/mol. The minimum atomic E-state index is 0.149. The van der Waals surface area contributed by atoms with Crippen molar-refractivity contribution in [3.8, 4) is 17.2 Å². The molecule has 0 saturated carbocycles. The van der Waals surface area contributed by atoms with E-state index >= 15 is 0 Å². The molecule has 1 aliphatic heterocycles. The largest absolute Gasteiger partial charge is 0.496 e. The first-order valence-corrected chi connectivity index (χ1v) is 9.30. The van der Waals surface area contributed by atoms with Crippen molar-refractivity contribution in [2.45, 2.75) is 13.0 Å². The van der Waals surface area contributed by atoms with Crippen LogP contribution in [-0.2, 0) is 0 Å². The van der Waals surface area contributed by atoms with E-state index in [1.165, 1.54) is 9.75 Å². The van der Waals surface area contributed by atoms with E-state index in [-0.39, 0.29) is 6.04 Å². The number of hydrogen-bond acceptors (Lipinski definition) is 6. The Labute approximate surface area is 153 Å². The highest BCUT2D eigenvalue weighted by Gasteiger charge is 2.29. The van der Waals surface area contributed by atoms with Gasteiger partial charge in [0.1, 0.15) is 5.75 Å². The van der Waals surface area contributed by atoms with E-state index in [0.29, 0.717) is 5.75 Å². The molecule has 2 heterocycles. The van der Waals surface area contributed by atoms with Gasteiger partial charge in [0.05, 0.1) is 27.4 Å². The van der Waals surface area contributed by atoms with Gasteiger partial charge in [0.2, 0.25) is 0 Å². The second-order valence-electron chi connectivity index (χ2n) is 6.09. The zero-order valence-corrected chi connectivity index (χ0v) is 16.1. The molecule has 1 aromatic carbocycles. The van der Waals surface area contributed by atoms with E-state index in [2.05, 4.69) is 35.3 Å². The van der Waals surface area contributed by atoms with Crippen LogP contribution in [0.25, 0.3) is 0 Å². The Kier molecular flexibility index (Phi) is 5.83. The molecular weight excluding hydrogens is 336 g/mol. The lowest BCUT2D eigenvalue weighted by Crippen LogP contribution is -2.45. The van der Waals surface area contributed by atoms with Gasteiger partial charge in [-0.3, -0.25) is 4.90 Å². The maximum atomic E-state index is 5.71. The third-order valence-electron chi connectivity index (χ3n) is 4.58. The van der Waals surface area contributed by atoms with Gasteiger partial charge in [-0.05, 0) is 25.1 Å². The van der Waals surface area contributed by atoms with Crippen molar-refractivity contribution in [3.63, 3.8) is 0 Å². The highest BCUT2D eigenvalue weighted by molar-refractivity contribution is 7.12. The molecule has 3 rings (SSSR count). The molecule has 25 heavy (non-hydrogen) atoms. The van der Waals surface area contributed by atoms with Crippen LogP contribution < -0.4 is 19.5 Å². The fourth-order valence-electron chi connectivity index (χ4n) is 3.34. The molecule has 1 saturated heterocycles. The summed E-state index contributed by atoms with van der Waals surface area (Å²) in [6, 6.07) is 8.53. The molecule has 2 aromatic rings. The SMILES string of the molecule is COc1cc(OC)c(C(c2ccc(C)s2)N2CCNCC2)cc1OC. The molecule has 1 aromatic heterocycles. The van der Waals surface area contributed by atoms with Crippen molar-refractivity contribution in [3.05, 3.63) is 39.6 Å². The van der Waals surface area contributed by atoms with Crippen LogP contribution in [-0.4, -0.2) is 52.4 Å². The third-order valence-corrected chi connectivity index (χ3v) is 5.63. The van der Waals surface area contributed by atoms with Crippen LogP contribution in [0.5, 0.6) is 17.2 Å². The maximum absolute atomic E-state index is 5.71. The Bertz CT molecular complexity index is 711. The molecule has 1 N–H and O–H groups in total. The molecule has 0 bridgehead atoms. The number of methoxy groups -OCH3 is 3. The molecule has 0 radical (unpaired) electrons. The summed E-state index contributed by atoms with van der Waals surface area (Å²) in [4.78, 5) is 5.14. The normalized spacial score (nSPS) is 16.5. The Morgan fingerprint density at radius 3 is 2.16 bits per heavy atom. The third kappa shape index (κ3) is 3.76. The fourth-order valence-corrected chi connectivity index (χ4v) is 4.37. The molecule has 1 aliphatic rings. The van der Waals surface area contributed by atoms with Gasteiger partial charge in [-0.2, -0.15) is 0 Å². The summed E-state index contributed by atoms with van der Waals surface area (Å²) >= 11 is 1.84. The van der Waals surface area contributed by atoms with E-state index in [0.717, 1.165) is 43.2 Å². The molecule has 136 valence electrons. The lowest BCUT2D eigenvalue weighted by Gasteiger charge is -2.35. The van der Waals surface area contributed by atoms with Crippen LogP contribution in [0.3, 0.4) is 0 Å². The monoisotopic (exact) mass is 362 g/mol. The standard InChI is InChI=1S/C19H26N2O3S/c1-13-5-6-18(25-13)19(21-9-7-20-8-10-21)14-11-16(23-3)17(24-4)12-15(14)22-2/h5-6,11-12,19-20H,7-10H2,1-4H3. The van der Waals surface area contributed by atoms with E-state index < -0.39 is 0 Å². The van der Waals surface area contributed by atoms with Gasteiger partial charge in [0.15, 0.2) is 11.5 Å². The molecule has 6 heteroatoms. The van der Waals surface area contributed by atoms with Gasteiger partial charge in [-0.25, -0.2) is 0 Å². The van der Waals surface area contributed by atoms with Gasteiger partial charge in [-0.15, -0.1) is 11.3 Å². The minimum Gasteiger partial charge on any atom is -0.496 e. The lowest BCUT2D eigenvalue weighted by atomic mass is 10.0. The minimum absolute atomic E-state index is 0.149. The topological polar surface area (TPSA) is 43.0 Å². The molecule has 0 aliphatic carbocycles. The predicted molar refractivity (Wildman–Crippen MR) is 101 cm³/mol. The van der Waals surface area contributed by atoms with Crippen molar-refractivity contribution in [1.29, 1.82) is 0 Å². The van der Waals surface area contributed by atoms with Crippen molar-refractivity contribution >= 4 is 11.3 Å². The Hall–Kier alpha value is -1.76. The number of rotatable bonds is 6. The van der Waals surface area contributed by atoms with Crippen LogP contribution in [0.4, 0.5) is 0 Å². The average Bonchev–Trinajstić information content (AvgIpc) is 3.08. The summed E-state index contributed by atoms with van der Waals surface area (Å²) in [6.45, 7) is 6.14. The summed E-state index contributed by atoms with van der Waals surface area (Å²) in [5.74, 6) is 2.24. The van der Waals surface area contributed by atoms with Crippen molar-refractivity contribution in [2.24, 2.45) is 0 Å². The summed E-state index contributed by atoms with van der Waals surface area (Å²) < 4.78 is 16.7. The first kappa shape index (κ1) is 18.0. The van der Waals surface area contributed by atoms with E-state index in [4.69, 9.17) is 14.2 Å². The summed E-state index contributed by atoms with van der Waals surface area (Å²) in [6.07, 6.45) is 0. The second kappa shape index (κ2) is 8.08. The van der Waals surface area contributed by atoms with Crippen molar-refractivity contribution in [1.82, 2.24) is 10.2 Å². The number of hydrogen-bond donors (Lipinski definition) is 1. The number of thiophene rings is 1. The van der Waals surface area contributed by atoms with Crippen LogP contribution in [0.1, 0.15) is 21.4 Å².